The number of hydrogen-bond donors (Lipinski definition) is 0. The Bertz CT molecular complexity index is 1020. The lowest BCUT2D eigenvalue weighted by atomic mass is 9.83. The molecule has 1 aliphatic carbocycles. The fourth-order valence-electron chi connectivity index (χ4n) is 3.84. The number of carbonyl (C=O) groups is 1. The minimum absolute atomic E-state index is 0.0665. The highest BCUT2D eigenvalue weighted by molar-refractivity contribution is 5.97. The summed E-state index contributed by atoms with van der Waals surface area (Å²) >= 11 is 0. The average Bonchev–Trinajstić information content (AvgIpc) is 3.45. The Morgan fingerprint density at radius 3 is 2.42 bits per heavy atom. The summed E-state index contributed by atoms with van der Waals surface area (Å²) < 4.78 is 42.2. The lowest BCUT2D eigenvalue weighted by Gasteiger charge is -2.32. The second-order valence-electron chi connectivity index (χ2n) is 9.40. The molecule has 1 heterocycles. The summed E-state index contributed by atoms with van der Waals surface area (Å²) in [5, 5.41) is 3.53. The van der Waals surface area contributed by atoms with E-state index in [2.05, 4.69) is 44.6 Å². The number of rotatable bonds is 6. The largest absolute Gasteiger partial charge is 0.329 e. The number of alkyl halides is 2. The fourth-order valence-corrected chi connectivity index (χ4v) is 3.84. The van der Waals surface area contributed by atoms with Crippen LogP contribution in [0.2, 0.25) is 0 Å². The van der Waals surface area contributed by atoms with Crippen LogP contribution in [-0.4, -0.2) is 32.7 Å². The zero-order chi connectivity index (χ0) is 23.2. The topological polar surface area (TPSA) is 38.1 Å². The molecule has 1 unspecified atom stereocenters. The van der Waals surface area contributed by atoms with Crippen molar-refractivity contribution in [3.05, 3.63) is 58.7 Å². The van der Waals surface area contributed by atoms with Crippen molar-refractivity contribution in [1.29, 1.82) is 0 Å². The Morgan fingerprint density at radius 1 is 1.29 bits per heavy atom. The standard InChI is InChI=1S/C24H30F3N3O/c1-13-8-9-16(24(4,5)6)12-18(13)14(2)15(3)30(17-10-11-17)23(31)19-20(21(25)26)28-29(7)22(19)27/h8-9,12,15,17,21H,2,10-11H2,1,3-7H3. The molecular formula is C24H30F3N3O. The number of halogens is 3. The first kappa shape index (κ1) is 23.1. The minimum Gasteiger partial charge on any atom is -0.329 e. The molecule has 31 heavy (non-hydrogen) atoms. The average molecular weight is 434 g/mol. The van der Waals surface area contributed by atoms with E-state index in [4.69, 9.17) is 0 Å². The van der Waals surface area contributed by atoms with Crippen molar-refractivity contribution in [2.75, 3.05) is 0 Å². The van der Waals surface area contributed by atoms with Crippen LogP contribution in [-0.2, 0) is 12.5 Å². The van der Waals surface area contributed by atoms with Gasteiger partial charge >= 0.3 is 0 Å². The lowest BCUT2D eigenvalue weighted by molar-refractivity contribution is 0.0698. The van der Waals surface area contributed by atoms with Crippen LogP contribution < -0.4 is 0 Å². The van der Waals surface area contributed by atoms with E-state index in [1.165, 1.54) is 11.9 Å². The predicted octanol–water partition coefficient (Wildman–Crippen LogP) is 5.81. The molecule has 0 radical (unpaired) electrons. The zero-order valence-electron chi connectivity index (χ0n) is 19.0. The molecule has 1 fully saturated rings. The van der Waals surface area contributed by atoms with Gasteiger partial charge in [0.2, 0.25) is 5.95 Å². The highest BCUT2D eigenvalue weighted by atomic mass is 19.3. The Hall–Kier alpha value is -2.57. The molecule has 0 aliphatic heterocycles. The van der Waals surface area contributed by atoms with Crippen LogP contribution in [0.15, 0.2) is 24.8 Å². The number of nitrogens with zero attached hydrogens (tertiary/aromatic N) is 3. The summed E-state index contributed by atoms with van der Waals surface area (Å²) in [5.74, 6) is -1.81. The van der Waals surface area contributed by atoms with Crippen molar-refractivity contribution in [2.24, 2.45) is 7.05 Å². The van der Waals surface area contributed by atoms with Crippen molar-refractivity contribution in [3.63, 3.8) is 0 Å². The zero-order valence-corrected chi connectivity index (χ0v) is 19.0. The molecule has 1 aromatic heterocycles. The number of benzene rings is 1. The van der Waals surface area contributed by atoms with Gasteiger partial charge < -0.3 is 4.90 Å². The maximum absolute atomic E-state index is 14.6. The third kappa shape index (κ3) is 4.41. The third-order valence-electron chi connectivity index (χ3n) is 5.97. The van der Waals surface area contributed by atoms with Gasteiger partial charge in [-0.1, -0.05) is 45.5 Å². The minimum atomic E-state index is -3.04. The van der Waals surface area contributed by atoms with E-state index in [9.17, 15) is 18.0 Å². The maximum Gasteiger partial charge on any atom is 0.283 e. The van der Waals surface area contributed by atoms with Crippen LogP contribution in [0.4, 0.5) is 13.2 Å². The fraction of sp³-hybridized carbons (Fsp3) is 0.500. The Balaban J connectivity index is 2.00. The van der Waals surface area contributed by atoms with Gasteiger partial charge in [-0.2, -0.15) is 9.49 Å². The van der Waals surface area contributed by atoms with Gasteiger partial charge in [-0.05, 0) is 54.4 Å². The molecule has 0 saturated heterocycles. The van der Waals surface area contributed by atoms with Crippen LogP contribution >= 0.6 is 0 Å². The van der Waals surface area contributed by atoms with Gasteiger partial charge in [0.15, 0.2) is 0 Å². The second kappa shape index (κ2) is 8.17. The van der Waals surface area contributed by atoms with E-state index < -0.39 is 35.6 Å². The number of carbonyl (C=O) groups excluding carboxylic acids is 1. The van der Waals surface area contributed by atoms with Crippen molar-refractivity contribution < 1.29 is 18.0 Å². The van der Waals surface area contributed by atoms with Crippen LogP contribution in [0.3, 0.4) is 0 Å². The molecule has 1 atom stereocenters. The Morgan fingerprint density at radius 2 is 1.90 bits per heavy atom. The highest BCUT2D eigenvalue weighted by Gasteiger charge is 2.41. The molecule has 3 rings (SSSR count). The molecule has 7 heteroatoms. The number of aryl methyl sites for hydroxylation is 2. The first-order chi connectivity index (χ1) is 14.3. The predicted molar refractivity (Wildman–Crippen MR) is 116 cm³/mol. The van der Waals surface area contributed by atoms with E-state index in [0.29, 0.717) is 10.3 Å². The normalized spacial score (nSPS) is 15.3. The van der Waals surface area contributed by atoms with Crippen LogP contribution in [0.5, 0.6) is 0 Å². The van der Waals surface area contributed by atoms with Crippen LogP contribution in [0.1, 0.15) is 79.7 Å². The van der Waals surface area contributed by atoms with Crippen molar-refractivity contribution in [1.82, 2.24) is 14.7 Å². The molecular weight excluding hydrogens is 403 g/mol. The van der Waals surface area contributed by atoms with Gasteiger partial charge in [0.1, 0.15) is 11.3 Å². The molecule has 1 amide bonds. The number of aromatic nitrogens is 2. The first-order valence-electron chi connectivity index (χ1n) is 10.5. The summed E-state index contributed by atoms with van der Waals surface area (Å²) in [6, 6.07) is 5.54. The molecule has 0 N–H and O–H groups in total. The SMILES string of the molecule is C=C(c1cc(C(C)(C)C)ccc1C)C(C)N(C(=O)c1c(C(F)F)nn(C)c1F)C1CC1. The summed E-state index contributed by atoms with van der Waals surface area (Å²) in [5.41, 5.74) is 2.22. The van der Waals surface area contributed by atoms with Gasteiger partial charge in [0.05, 0.1) is 6.04 Å². The monoisotopic (exact) mass is 433 g/mol. The van der Waals surface area contributed by atoms with E-state index in [1.54, 1.807) is 0 Å². The van der Waals surface area contributed by atoms with Gasteiger partial charge in [-0.3, -0.25) is 4.79 Å². The molecule has 0 bridgehead atoms. The molecule has 1 aliphatic rings. The summed E-state index contributed by atoms with van der Waals surface area (Å²) in [7, 11) is 1.21. The highest BCUT2D eigenvalue weighted by Crippen LogP contribution is 2.37. The molecule has 1 aromatic carbocycles. The molecule has 4 nitrogen and oxygen atoms in total. The van der Waals surface area contributed by atoms with Crippen LogP contribution in [0, 0.1) is 12.9 Å². The van der Waals surface area contributed by atoms with Crippen molar-refractivity contribution in [3.8, 4) is 0 Å². The Labute approximate surface area is 181 Å². The lowest BCUT2D eigenvalue weighted by Crippen LogP contribution is -2.41. The van der Waals surface area contributed by atoms with E-state index in [-0.39, 0.29) is 11.5 Å². The molecule has 168 valence electrons. The summed E-state index contributed by atoms with van der Waals surface area (Å²) in [6.45, 7) is 14.4. The molecule has 0 spiro atoms. The Kier molecular flexibility index (Phi) is 6.09. The van der Waals surface area contributed by atoms with Crippen LogP contribution in [0.25, 0.3) is 5.57 Å². The van der Waals surface area contributed by atoms with Gasteiger partial charge in [0, 0.05) is 13.1 Å². The molecule has 2 aromatic rings. The van der Waals surface area contributed by atoms with Gasteiger partial charge in [-0.15, -0.1) is 0 Å². The van der Waals surface area contributed by atoms with E-state index >= 15 is 0 Å². The summed E-state index contributed by atoms with van der Waals surface area (Å²) in [4.78, 5) is 14.8. The number of hydrogen-bond acceptors (Lipinski definition) is 2. The van der Waals surface area contributed by atoms with E-state index in [1.807, 2.05) is 19.9 Å². The van der Waals surface area contributed by atoms with Crippen molar-refractivity contribution in [2.45, 2.75) is 71.4 Å². The van der Waals surface area contributed by atoms with E-state index in [0.717, 1.165) is 29.5 Å². The summed E-state index contributed by atoms with van der Waals surface area (Å²) in [6.07, 6.45) is -1.55. The second-order valence-corrected chi connectivity index (χ2v) is 9.40. The number of amides is 1. The van der Waals surface area contributed by atoms with Gasteiger partial charge in [-0.25, -0.2) is 13.5 Å². The van der Waals surface area contributed by atoms with Crippen molar-refractivity contribution >= 4 is 11.5 Å². The molecule has 1 saturated carbocycles. The quantitative estimate of drug-likeness (QED) is 0.577. The third-order valence-corrected chi connectivity index (χ3v) is 5.97. The maximum atomic E-state index is 14.6. The smallest absolute Gasteiger partial charge is 0.283 e. The first-order valence-corrected chi connectivity index (χ1v) is 10.5. The van der Waals surface area contributed by atoms with Gasteiger partial charge in [0.25, 0.3) is 12.3 Å².